The second-order valence-electron chi connectivity index (χ2n) is 8.52. The molecule has 36 heavy (non-hydrogen) atoms. The van der Waals surface area contributed by atoms with Crippen molar-refractivity contribution in [2.75, 3.05) is 11.4 Å². The summed E-state index contributed by atoms with van der Waals surface area (Å²) in [5.41, 5.74) is 2.69. The van der Waals surface area contributed by atoms with Gasteiger partial charge in [-0.3, -0.25) is 8.51 Å². The maximum atomic E-state index is 11.9. The van der Waals surface area contributed by atoms with Gasteiger partial charge in [0.2, 0.25) is 0 Å². The molecule has 0 aliphatic heterocycles. The molecular formula is C27H26NO7S-. The van der Waals surface area contributed by atoms with Gasteiger partial charge in [0.05, 0.1) is 7.11 Å². The summed E-state index contributed by atoms with van der Waals surface area (Å²) in [6.45, 7) is 3.57. The minimum Gasteiger partial charge on any atom is -0.755 e. The van der Waals surface area contributed by atoms with Crippen molar-refractivity contribution in [1.29, 1.82) is 0 Å². The van der Waals surface area contributed by atoms with Crippen LogP contribution in [0.4, 0.5) is 5.69 Å². The lowest BCUT2D eigenvalue weighted by molar-refractivity contribution is -0.139. The Morgan fingerprint density at radius 2 is 1.72 bits per heavy atom. The van der Waals surface area contributed by atoms with Crippen molar-refractivity contribution < 1.29 is 32.6 Å². The molecule has 0 saturated heterocycles. The molecular weight excluding hydrogens is 482 g/mol. The zero-order valence-corrected chi connectivity index (χ0v) is 20.9. The smallest absolute Gasteiger partial charge is 0.327 e. The van der Waals surface area contributed by atoms with E-state index >= 15 is 0 Å². The van der Waals surface area contributed by atoms with Crippen LogP contribution in [0.25, 0.3) is 22.1 Å². The minimum absolute atomic E-state index is 0.238. The van der Waals surface area contributed by atoms with Gasteiger partial charge in [-0.25, -0.2) is 4.79 Å². The lowest BCUT2D eigenvalue weighted by Gasteiger charge is -2.34. The number of anilines is 1. The predicted octanol–water partition coefficient (Wildman–Crippen LogP) is 5.40. The first-order chi connectivity index (χ1) is 17.3. The van der Waals surface area contributed by atoms with Gasteiger partial charge < -0.3 is 23.6 Å². The van der Waals surface area contributed by atoms with Crippen molar-refractivity contribution in [3.63, 3.8) is 0 Å². The highest BCUT2D eigenvalue weighted by molar-refractivity contribution is 7.80. The van der Waals surface area contributed by atoms with Gasteiger partial charge >= 0.3 is 5.97 Å². The number of para-hydroxylation sites is 1. The largest absolute Gasteiger partial charge is 0.755 e. The number of fused-ring (bicyclic) bond motifs is 1. The molecule has 188 valence electrons. The molecule has 2 atom stereocenters. The zero-order chi connectivity index (χ0) is 25.8. The molecule has 0 spiro atoms. The first-order valence-corrected chi connectivity index (χ1v) is 12.3. The Morgan fingerprint density at radius 3 is 2.33 bits per heavy atom. The van der Waals surface area contributed by atoms with Crippen LogP contribution < -0.4 is 13.8 Å². The molecule has 0 aliphatic carbocycles. The quantitative estimate of drug-likeness (QED) is 0.286. The molecule has 2 unspecified atom stereocenters. The maximum Gasteiger partial charge on any atom is 0.327 e. The fourth-order valence-corrected chi connectivity index (χ4v) is 4.83. The number of carboxylic acids is 1. The lowest BCUT2D eigenvalue weighted by Crippen LogP contribution is -2.45. The molecule has 0 radical (unpaired) electrons. The topological polar surface area (TPSA) is 112 Å². The summed E-state index contributed by atoms with van der Waals surface area (Å²) >= 11 is -2.75. The monoisotopic (exact) mass is 508 g/mol. The van der Waals surface area contributed by atoms with E-state index in [4.69, 9.17) is 13.9 Å². The molecule has 0 amide bonds. The normalized spacial score (nSPS) is 12.9. The Morgan fingerprint density at radius 1 is 1.03 bits per heavy atom. The summed E-state index contributed by atoms with van der Waals surface area (Å²) in [5.74, 6) is 0.144. The highest BCUT2D eigenvalue weighted by atomic mass is 32.2. The highest BCUT2D eigenvalue weighted by Gasteiger charge is 2.30. The van der Waals surface area contributed by atoms with Gasteiger partial charge in [-0.2, -0.15) is 0 Å². The average Bonchev–Trinajstić information content (AvgIpc) is 3.28. The third-order valence-electron chi connectivity index (χ3n) is 5.76. The molecule has 9 heteroatoms. The van der Waals surface area contributed by atoms with Crippen LogP contribution in [0.3, 0.4) is 0 Å². The van der Waals surface area contributed by atoms with Gasteiger partial charge in [0, 0.05) is 22.3 Å². The Labute approximate surface area is 211 Å². The van der Waals surface area contributed by atoms with E-state index in [-0.39, 0.29) is 12.3 Å². The summed E-state index contributed by atoms with van der Waals surface area (Å²) in [7, 11) is 1.55. The average molecular weight is 509 g/mol. The van der Waals surface area contributed by atoms with E-state index in [0.29, 0.717) is 17.3 Å². The number of carbonyl (C=O) groups is 1. The van der Waals surface area contributed by atoms with Crippen molar-refractivity contribution in [3.05, 3.63) is 78.6 Å². The van der Waals surface area contributed by atoms with E-state index in [9.17, 15) is 18.7 Å². The lowest BCUT2D eigenvalue weighted by atomic mass is 10.0. The number of benzene rings is 3. The first kappa shape index (κ1) is 25.3. The molecule has 4 aromatic rings. The van der Waals surface area contributed by atoms with E-state index in [2.05, 4.69) is 0 Å². The Kier molecular flexibility index (Phi) is 7.61. The fraction of sp³-hybridized carbons (Fsp3) is 0.222. The summed E-state index contributed by atoms with van der Waals surface area (Å²) < 4.78 is 41.9. The number of hydrogen-bond acceptors (Lipinski definition) is 6. The van der Waals surface area contributed by atoms with Crippen molar-refractivity contribution >= 4 is 33.9 Å². The summed E-state index contributed by atoms with van der Waals surface area (Å²) in [6.07, 6.45) is 0. The maximum absolute atomic E-state index is 11.9. The molecule has 3 aromatic carbocycles. The van der Waals surface area contributed by atoms with E-state index < -0.39 is 29.2 Å². The van der Waals surface area contributed by atoms with Crippen LogP contribution in [0.15, 0.2) is 77.2 Å². The van der Waals surface area contributed by atoms with Crippen LogP contribution >= 0.6 is 0 Å². The van der Waals surface area contributed by atoms with Gasteiger partial charge in [-0.05, 0) is 53.4 Å². The Balaban J connectivity index is 1.54. The second kappa shape index (κ2) is 10.8. The summed E-state index contributed by atoms with van der Waals surface area (Å²) in [6, 6.07) is 20.6. The number of hydrogen-bond donors (Lipinski definition) is 1. The van der Waals surface area contributed by atoms with Crippen molar-refractivity contribution in [2.24, 2.45) is 5.92 Å². The number of ether oxygens (including phenoxy) is 2. The minimum atomic E-state index is -2.75. The first-order valence-electron chi connectivity index (χ1n) is 11.3. The van der Waals surface area contributed by atoms with Crippen molar-refractivity contribution in [2.45, 2.75) is 26.5 Å². The molecule has 1 N–H and O–H groups in total. The molecule has 0 saturated carbocycles. The highest BCUT2D eigenvalue weighted by Crippen LogP contribution is 2.34. The number of rotatable bonds is 10. The van der Waals surface area contributed by atoms with Crippen LogP contribution in [0, 0.1) is 5.92 Å². The van der Waals surface area contributed by atoms with Crippen LogP contribution in [0.5, 0.6) is 11.5 Å². The number of methoxy groups -OCH3 is 1. The van der Waals surface area contributed by atoms with Crippen LogP contribution in [0.1, 0.15) is 19.6 Å². The van der Waals surface area contributed by atoms with Crippen LogP contribution in [0.2, 0.25) is 0 Å². The van der Waals surface area contributed by atoms with Gasteiger partial charge in [-0.15, -0.1) is 0 Å². The van der Waals surface area contributed by atoms with Gasteiger partial charge in [0.15, 0.2) is 11.5 Å². The number of nitrogens with zero attached hydrogens (tertiary/aromatic N) is 1. The number of carboxylic acid groups (broad SMARTS) is 1. The number of aliphatic carboxylic acids is 1. The SMILES string of the molecule is COc1cc(-c2ccc(N(C(C(=O)O)C(C)C)S(=O)[O-])cc2)ccc1OCc1cc2ccccc2o1. The van der Waals surface area contributed by atoms with Crippen LogP contribution in [-0.4, -0.2) is 33.0 Å². The van der Waals surface area contributed by atoms with Gasteiger partial charge in [0.25, 0.3) is 0 Å². The Bertz CT molecular complexity index is 1350. The summed E-state index contributed by atoms with van der Waals surface area (Å²) in [4.78, 5) is 11.7. The van der Waals surface area contributed by atoms with Gasteiger partial charge in [-0.1, -0.05) is 50.2 Å². The van der Waals surface area contributed by atoms with E-state index in [1.54, 1.807) is 51.3 Å². The van der Waals surface area contributed by atoms with E-state index in [0.717, 1.165) is 26.4 Å². The fourth-order valence-electron chi connectivity index (χ4n) is 4.02. The summed E-state index contributed by atoms with van der Waals surface area (Å²) in [5, 5.41) is 10.6. The molecule has 1 heterocycles. The van der Waals surface area contributed by atoms with E-state index in [1.807, 2.05) is 42.5 Å². The van der Waals surface area contributed by atoms with Crippen molar-refractivity contribution in [1.82, 2.24) is 0 Å². The third kappa shape index (κ3) is 5.37. The van der Waals surface area contributed by atoms with Crippen molar-refractivity contribution in [3.8, 4) is 22.6 Å². The number of furan rings is 1. The molecule has 0 aliphatic rings. The second-order valence-corrected chi connectivity index (χ2v) is 9.35. The third-order valence-corrected chi connectivity index (χ3v) is 6.52. The molecule has 4 rings (SSSR count). The zero-order valence-electron chi connectivity index (χ0n) is 20.0. The molecule has 1 aromatic heterocycles. The predicted molar refractivity (Wildman–Crippen MR) is 137 cm³/mol. The molecule has 0 fully saturated rings. The standard InChI is InChI=1S/C27H27NO7S/c1-17(2)26(27(29)30)28(36(31)32)21-11-8-18(9-12-21)19-10-13-24(25(15-19)33-3)34-16-22-14-20-6-4-5-7-23(20)35-22/h4-15,17,26H,16H2,1-3H3,(H,29,30)(H,31,32)/p-1. The van der Waals surface area contributed by atoms with Crippen LogP contribution in [-0.2, 0) is 22.7 Å². The Hall–Kier alpha value is -3.82. The molecule has 8 nitrogen and oxygen atoms in total. The van der Waals surface area contributed by atoms with E-state index in [1.165, 1.54) is 0 Å². The van der Waals surface area contributed by atoms with Gasteiger partial charge in [0.1, 0.15) is 24.0 Å². The molecule has 0 bridgehead atoms.